The second-order valence-electron chi connectivity index (χ2n) is 4.94. The highest BCUT2D eigenvalue weighted by molar-refractivity contribution is 5.84. The third-order valence-electron chi connectivity index (χ3n) is 3.50. The molecule has 20 heavy (non-hydrogen) atoms. The van der Waals surface area contributed by atoms with Crippen molar-refractivity contribution in [2.24, 2.45) is 7.05 Å². The Morgan fingerprint density at radius 3 is 2.95 bits per heavy atom. The zero-order valence-electron chi connectivity index (χ0n) is 11.4. The van der Waals surface area contributed by atoms with Crippen molar-refractivity contribution in [3.8, 4) is 0 Å². The second-order valence-corrected chi connectivity index (χ2v) is 4.94. The highest BCUT2D eigenvalue weighted by Gasteiger charge is 2.22. The number of carbonyl (C=O) groups excluding carboxylic acids is 1. The lowest BCUT2D eigenvalue weighted by Crippen LogP contribution is -2.16. The summed E-state index contributed by atoms with van der Waals surface area (Å²) in [6.07, 6.45) is 2.62. The Bertz CT molecular complexity index is 620. The van der Waals surface area contributed by atoms with Crippen LogP contribution in [-0.2, 0) is 31.2 Å². The summed E-state index contributed by atoms with van der Waals surface area (Å²) >= 11 is 0. The van der Waals surface area contributed by atoms with Crippen LogP contribution >= 0.6 is 0 Å². The van der Waals surface area contributed by atoms with Gasteiger partial charge in [-0.1, -0.05) is 30.3 Å². The number of ether oxygens (including phenoxy) is 1. The van der Waals surface area contributed by atoms with Crippen LogP contribution in [0.25, 0.3) is 0 Å². The van der Waals surface area contributed by atoms with Gasteiger partial charge in [-0.3, -0.25) is 10.00 Å². The fraction of sp³-hybridized carbons (Fsp3) is 0.333. The monoisotopic (exact) mass is 271 g/mol. The number of aromatic nitrogens is 2. The van der Waals surface area contributed by atoms with Crippen molar-refractivity contribution in [1.82, 2.24) is 9.78 Å². The highest BCUT2D eigenvalue weighted by Crippen LogP contribution is 2.28. The average molecular weight is 271 g/mol. The molecule has 1 aromatic heterocycles. The van der Waals surface area contributed by atoms with E-state index in [0.29, 0.717) is 0 Å². The van der Waals surface area contributed by atoms with E-state index in [-0.39, 0.29) is 6.61 Å². The number of anilines is 1. The van der Waals surface area contributed by atoms with Crippen molar-refractivity contribution >= 4 is 11.9 Å². The summed E-state index contributed by atoms with van der Waals surface area (Å²) < 4.78 is 6.94. The first-order chi connectivity index (χ1) is 9.74. The van der Waals surface area contributed by atoms with E-state index in [2.05, 4.69) is 10.4 Å². The van der Waals surface area contributed by atoms with Gasteiger partial charge in [0.15, 0.2) is 0 Å². The zero-order valence-corrected chi connectivity index (χ0v) is 11.4. The smallest absolute Gasteiger partial charge is 0.413 e. The molecule has 0 radical (unpaired) electrons. The number of aryl methyl sites for hydroxylation is 2. The standard InChI is InChI=1S/C15H17N3O2/c1-18-14(12-8-5-9-13(12)17-18)16-15(19)20-10-11-6-3-2-4-7-11/h2-4,6-7H,5,8-10H2,1H3,(H,16,19). The minimum atomic E-state index is -0.438. The van der Waals surface area contributed by atoms with Gasteiger partial charge in [0, 0.05) is 12.6 Å². The second kappa shape index (κ2) is 5.36. The van der Waals surface area contributed by atoms with E-state index < -0.39 is 6.09 Å². The molecule has 0 aliphatic heterocycles. The fourth-order valence-electron chi connectivity index (χ4n) is 2.53. The number of nitrogens with zero attached hydrogens (tertiary/aromatic N) is 2. The van der Waals surface area contributed by atoms with Gasteiger partial charge in [-0.15, -0.1) is 0 Å². The van der Waals surface area contributed by atoms with Crippen LogP contribution < -0.4 is 5.32 Å². The highest BCUT2D eigenvalue weighted by atomic mass is 16.5. The molecule has 5 nitrogen and oxygen atoms in total. The van der Waals surface area contributed by atoms with Crippen LogP contribution in [-0.4, -0.2) is 15.9 Å². The molecule has 3 rings (SSSR count). The molecule has 0 spiro atoms. The van der Waals surface area contributed by atoms with Crippen molar-refractivity contribution in [2.45, 2.75) is 25.9 Å². The summed E-state index contributed by atoms with van der Waals surface area (Å²) in [7, 11) is 1.84. The van der Waals surface area contributed by atoms with Gasteiger partial charge in [0.05, 0.1) is 5.69 Å². The summed E-state index contributed by atoms with van der Waals surface area (Å²) in [5.74, 6) is 0.760. The molecule has 0 atom stereocenters. The van der Waals surface area contributed by atoms with E-state index in [1.54, 1.807) is 4.68 Å². The molecule has 0 saturated heterocycles. The van der Waals surface area contributed by atoms with E-state index in [9.17, 15) is 4.79 Å². The number of hydrogen-bond acceptors (Lipinski definition) is 3. The van der Waals surface area contributed by atoms with Gasteiger partial charge in [0.2, 0.25) is 0 Å². The normalized spacial score (nSPS) is 13.1. The van der Waals surface area contributed by atoms with E-state index >= 15 is 0 Å². The molecule has 104 valence electrons. The third kappa shape index (κ3) is 2.52. The summed E-state index contributed by atoms with van der Waals surface area (Å²) in [5, 5.41) is 7.21. The number of carbonyl (C=O) groups is 1. The van der Waals surface area contributed by atoms with Crippen LogP contribution in [0, 0.1) is 0 Å². The molecule has 1 N–H and O–H groups in total. The van der Waals surface area contributed by atoms with Gasteiger partial charge >= 0.3 is 6.09 Å². The Hall–Kier alpha value is -2.30. The number of hydrogen-bond donors (Lipinski definition) is 1. The minimum Gasteiger partial charge on any atom is -0.444 e. The van der Waals surface area contributed by atoms with Gasteiger partial charge < -0.3 is 4.74 Å². The number of fused-ring (bicyclic) bond motifs is 1. The van der Waals surface area contributed by atoms with Gasteiger partial charge in [-0.05, 0) is 24.8 Å². The van der Waals surface area contributed by atoms with Crippen molar-refractivity contribution in [3.63, 3.8) is 0 Å². The Labute approximate surface area is 117 Å². The van der Waals surface area contributed by atoms with Crippen LogP contribution in [0.1, 0.15) is 23.2 Å². The Morgan fingerprint density at radius 1 is 1.35 bits per heavy atom. The lowest BCUT2D eigenvalue weighted by molar-refractivity contribution is 0.155. The number of amides is 1. The Balaban J connectivity index is 1.62. The topological polar surface area (TPSA) is 56.2 Å². The first kappa shape index (κ1) is 12.7. The van der Waals surface area contributed by atoms with E-state index in [4.69, 9.17) is 4.74 Å². The maximum Gasteiger partial charge on any atom is 0.413 e. The summed E-state index contributed by atoms with van der Waals surface area (Å²) in [6, 6.07) is 9.63. The molecule has 1 aromatic carbocycles. The van der Waals surface area contributed by atoms with E-state index in [0.717, 1.165) is 41.9 Å². The fourth-order valence-corrected chi connectivity index (χ4v) is 2.53. The molecule has 1 aliphatic carbocycles. The van der Waals surface area contributed by atoms with Gasteiger partial charge in [-0.2, -0.15) is 5.10 Å². The lowest BCUT2D eigenvalue weighted by atomic mass is 10.2. The molecule has 2 aromatic rings. The molecule has 1 amide bonds. The molecule has 1 aliphatic rings. The summed E-state index contributed by atoms with van der Waals surface area (Å²) in [4.78, 5) is 11.9. The molecular formula is C15H17N3O2. The largest absolute Gasteiger partial charge is 0.444 e. The molecular weight excluding hydrogens is 254 g/mol. The summed E-state index contributed by atoms with van der Waals surface area (Å²) in [6.45, 7) is 0.271. The minimum absolute atomic E-state index is 0.271. The van der Waals surface area contributed by atoms with Crippen LogP contribution in [0.5, 0.6) is 0 Å². The maximum absolute atomic E-state index is 11.9. The predicted octanol–water partition coefficient (Wildman–Crippen LogP) is 2.66. The predicted molar refractivity (Wildman–Crippen MR) is 75.5 cm³/mol. The van der Waals surface area contributed by atoms with Crippen molar-refractivity contribution in [2.75, 3.05) is 5.32 Å². The van der Waals surface area contributed by atoms with Gasteiger partial charge in [0.1, 0.15) is 12.4 Å². The third-order valence-corrected chi connectivity index (χ3v) is 3.50. The number of nitrogens with one attached hydrogen (secondary N) is 1. The van der Waals surface area contributed by atoms with E-state index in [1.165, 1.54) is 0 Å². The lowest BCUT2D eigenvalue weighted by Gasteiger charge is -2.08. The molecule has 0 fully saturated rings. The molecule has 5 heteroatoms. The van der Waals surface area contributed by atoms with Crippen molar-refractivity contribution in [3.05, 3.63) is 47.2 Å². The average Bonchev–Trinajstić information content (AvgIpc) is 3.01. The SMILES string of the molecule is Cn1nc2c(c1NC(=O)OCc1ccccc1)CCC2. The van der Waals surface area contributed by atoms with Crippen LogP contribution in [0.15, 0.2) is 30.3 Å². The van der Waals surface area contributed by atoms with Crippen molar-refractivity contribution < 1.29 is 9.53 Å². The summed E-state index contributed by atoms with van der Waals surface area (Å²) in [5.41, 5.74) is 3.20. The molecule has 1 heterocycles. The van der Waals surface area contributed by atoms with Crippen LogP contribution in [0.4, 0.5) is 10.6 Å². The Morgan fingerprint density at radius 2 is 2.15 bits per heavy atom. The zero-order chi connectivity index (χ0) is 13.9. The van der Waals surface area contributed by atoms with E-state index in [1.807, 2.05) is 37.4 Å². The van der Waals surface area contributed by atoms with Crippen LogP contribution in [0.3, 0.4) is 0 Å². The first-order valence-corrected chi connectivity index (χ1v) is 6.76. The van der Waals surface area contributed by atoms with Gasteiger partial charge in [-0.25, -0.2) is 4.79 Å². The molecule has 0 unspecified atom stereocenters. The number of benzene rings is 1. The van der Waals surface area contributed by atoms with Crippen molar-refractivity contribution in [1.29, 1.82) is 0 Å². The quantitative estimate of drug-likeness (QED) is 0.933. The van der Waals surface area contributed by atoms with Gasteiger partial charge in [0.25, 0.3) is 0 Å². The van der Waals surface area contributed by atoms with Crippen LogP contribution in [0.2, 0.25) is 0 Å². The Kier molecular flexibility index (Phi) is 3.41. The first-order valence-electron chi connectivity index (χ1n) is 6.76. The maximum atomic E-state index is 11.9. The molecule has 0 bridgehead atoms. The molecule has 0 saturated carbocycles. The number of rotatable bonds is 3.